The molecule has 0 radical (unpaired) electrons. The van der Waals surface area contributed by atoms with Crippen LogP contribution in [0.1, 0.15) is 42.5 Å². The minimum atomic E-state index is 0.171. The third kappa shape index (κ3) is 4.04. The summed E-state index contributed by atoms with van der Waals surface area (Å²) in [6, 6.07) is 5.28. The topological polar surface area (TPSA) is 63.0 Å². The van der Waals surface area contributed by atoms with Crippen LogP contribution < -0.4 is 10.6 Å². The van der Waals surface area contributed by atoms with E-state index in [-0.39, 0.29) is 6.04 Å². The van der Waals surface area contributed by atoms with Crippen molar-refractivity contribution in [2.24, 2.45) is 0 Å². The second-order valence-electron chi connectivity index (χ2n) is 4.85. The first-order valence-corrected chi connectivity index (χ1v) is 7.25. The van der Waals surface area contributed by atoms with Crippen LogP contribution in [-0.4, -0.2) is 16.2 Å². The molecule has 0 saturated carbocycles. The standard InChI is InChI=1S/C13H20N4OS/c1-8(2)14-7-12-16-17-13(18-12)15-10(4)11-6-5-9(3)19-11/h5-6,8,10,14H,7H2,1-4H3,(H,15,17). The Morgan fingerprint density at radius 2 is 2.05 bits per heavy atom. The Labute approximate surface area is 117 Å². The van der Waals surface area contributed by atoms with Crippen LogP contribution in [0.4, 0.5) is 6.01 Å². The summed E-state index contributed by atoms with van der Waals surface area (Å²) in [7, 11) is 0. The van der Waals surface area contributed by atoms with Crippen LogP contribution in [0.3, 0.4) is 0 Å². The Bertz CT molecular complexity index is 520. The minimum absolute atomic E-state index is 0.171. The molecular weight excluding hydrogens is 260 g/mol. The lowest BCUT2D eigenvalue weighted by Crippen LogP contribution is -2.21. The number of aromatic nitrogens is 2. The quantitative estimate of drug-likeness (QED) is 0.851. The lowest BCUT2D eigenvalue weighted by atomic mass is 10.3. The molecule has 0 fully saturated rings. The van der Waals surface area contributed by atoms with E-state index < -0.39 is 0 Å². The highest BCUT2D eigenvalue weighted by molar-refractivity contribution is 7.12. The summed E-state index contributed by atoms with van der Waals surface area (Å²) in [5.74, 6) is 0.603. The number of anilines is 1. The zero-order chi connectivity index (χ0) is 13.8. The Morgan fingerprint density at radius 1 is 1.26 bits per heavy atom. The molecule has 0 aliphatic rings. The van der Waals surface area contributed by atoms with Crippen molar-refractivity contribution in [2.45, 2.75) is 46.3 Å². The first-order chi connectivity index (χ1) is 9.04. The van der Waals surface area contributed by atoms with Crippen molar-refractivity contribution >= 4 is 17.4 Å². The smallest absolute Gasteiger partial charge is 0.316 e. The van der Waals surface area contributed by atoms with Crippen molar-refractivity contribution in [1.82, 2.24) is 15.5 Å². The van der Waals surface area contributed by atoms with Crippen LogP contribution in [0.5, 0.6) is 0 Å². The Morgan fingerprint density at radius 3 is 2.68 bits per heavy atom. The minimum Gasteiger partial charge on any atom is -0.407 e. The van der Waals surface area contributed by atoms with Crippen LogP contribution in [0.15, 0.2) is 16.5 Å². The Kier molecular flexibility index (Phi) is 4.55. The largest absolute Gasteiger partial charge is 0.407 e. The summed E-state index contributed by atoms with van der Waals surface area (Å²) in [6.45, 7) is 8.94. The lowest BCUT2D eigenvalue weighted by Gasteiger charge is -2.09. The van der Waals surface area contributed by atoms with Gasteiger partial charge in [-0.3, -0.25) is 0 Å². The molecule has 0 saturated heterocycles. The molecule has 0 aromatic carbocycles. The molecule has 1 atom stereocenters. The molecule has 2 aromatic rings. The highest BCUT2D eigenvalue weighted by Gasteiger charge is 2.12. The van der Waals surface area contributed by atoms with E-state index in [9.17, 15) is 0 Å². The van der Waals surface area contributed by atoms with E-state index in [1.807, 2.05) is 0 Å². The second-order valence-corrected chi connectivity index (χ2v) is 6.17. The number of nitrogens with zero attached hydrogens (tertiary/aromatic N) is 2. The van der Waals surface area contributed by atoms with Crippen molar-refractivity contribution in [2.75, 3.05) is 5.32 Å². The molecule has 19 heavy (non-hydrogen) atoms. The van der Waals surface area contributed by atoms with Crippen molar-refractivity contribution in [1.29, 1.82) is 0 Å². The lowest BCUT2D eigenvalue weighted by molar-refractivity contribution is 0.456. The number of aryl methyl sites for hydroxylation is 1. The maximum atomic E-state index is 5.54. The van der Waals surface area contributed by atoms with E-state index in [4.69, 9.17) is 4.42 Å². The molecule has 0 aliphatic heterocycles. The van der Waals surface area contributed by atoms with Gasteiger partial charge in [0.15, 0.2) is 0 Å². The fourth-order valence-electron chi connectivity index (χ4n) is 1.62. The summed E-state index contributed by atoms with van der Waals surface area (Å²) in [6.07, 6.45) is 0. The van der Waals surface area contributed by atoms with Crippen LogP contribution in [0, 0.1) is 6.92 Å². The average molecular weight is 280 g/mol. The fourth-order valence-corrected chi connectivity index (χ4v) is 2.50. The molecule has 5 nitrogen and oxygen atoms in total. The molecule has 0 spiro atoms. The van der Waals surface area contributed by atoms with Crippen LogP contribution in [-0.2, 0) is 6.54 Å². The number of hydrogen-bond donors (Lipinski definition) is 2. The molecular formula is C13H20N4OS. The number of nitrogens with one attached hydrogen (secondary N) is 2. The van der Waals surface area contributed by atoms with Crippen molar-refractivity contribution in [3.63, 3.8) is 0 Å². The molecule has 0 amide bonds. The van der Waals surface area contributed by atoms with Gasteiger partial charge in [-0.1, -0.05) is 18.9 Å². The first-order valence-electron chi connectivity index (χ1n) is 6.43. The summed E-state index contributed by atoms with van der Waals surface area (Å²) in [5.41, 5.74) is 0. The molecule has 2 heterocycles. The number of rotatable bonds is 6. The summed E-state index contributed by atoms with van der Waals surface area (Å²) >= 11 is 1.77. The monoisotopic (exact) mass is 280 g/mol. The first kappa shape index (κ1) is 14.0. The summed E-state index contributed by atoms with van der Waals surface area (Å²) < 4.78 is 5.54. The predicted molar refractivity (Wildman–Crippen MR) is 77.4 cm³/mol. The summed E-state index contributed by atoms with van der Waals surface area (Å²) in [4.78, 5) is 2.56. The number of thiophene rings is 1. The molecule has 6 heteroatoms. The van der Waals surface area contributed by atoms with Gasteiger partial charge in [-0.2, -0.15) is 0 Å². The second kappa shape index (κ2) is 6.16. The van der Waals surface area contributed by atoms with E-state index in [1.165, 1.54) is 9.75 Å². The molecule has 0 aliphatic carbocycles. The maximum absolute atomic E-state index is 5.54. The molecule has 104 valence electrons. The van der Waals surface area contributed by atoms with Crippen LogP contribution in [0.25, 0.3) is 0 Å². The van der Waals surface area contributed by atoms with Gasteiger partial charge in [-0.15, -0.1) is 16.4 Å². The normalized spacial score (nSPS) is 12.9. The highest BCUT2D eigenvalue weighted by atomic mass is 32.1. The van der Waals surface area contributed by atoms with Gasteiger partial charge in [-0.25, -0.2) is 0 Å². The molecule has 0 bridgehead atoms. The maximum Gasteiger partial charge on any atom is 0.316 e. The van der Waals surface area contributed by atoms with Crippen LogP contribution >= 0.6 is 11.3 Å². The van der Waals surface area contributed by atoms with Crippen molar-refractivity contribution in [3.8, 4) is 0 Å². The fraction of sp³-hybridized carbons (Fsp3) is 0.538. The zero-order valence-electron chi connectivity index (χ0n) is 11.7. The van der Waals surface area contributed by atoms with Crippen LogP contribution in [0.2, 0.25) is 0 Å². The van der Waals surface area contributed by atoms with E-state index in [2.05, 4.69) is 60.7 Å². The van der Waals surface area contributed by atoms with Gasteiger partial charge in [0.1, 0.15) is 0 Å². The van der Waals surface area contributed by atoms with E-state index >= 15 is 0 Å². The molecule has 2 N–H and O–H groups in total. The Balaban J connectivity index is 1.92. The third-order valence-electron chi connectivity index (χ3n) is 2.66. The van der Waals surface area contributed by atoms with E-state index in [0.29, 0.717) is 24.5 Å². The van der Waals surface area contributed by atoms with Gasteiger partial charge < -0.3 is 15.1 Å². The average Bonchev–Trinajstić information content (AvgIpc) is 2.95. The highest BCUT2D eigenvalue weighted by Crippen LogP contribution is 2.25. The summed E-state index contributed by atoms with van der Waals surface area (Å²) in [5, 5.41) is 14.5. The van der Waals surface area contributed by atoms with E-state index in [0.717, 1.165) is 0 Å². The third-order valence-corrected chi connectivity index (χ3v) is 3.84. The molecule has 1 unspecified atom stereocenters. The van der Waals surface area contributed by atoms with Gasteiger partial charge in [0.25, 0.3) is 0 Å². The van der Waals surface area contributed by atoms with Gasteiger partial charge in [0.05, 0.1) is 12.6 Å². The zero-order valence-corrected chi connectivity index (χ0v) is 12.5. The Hall–Kier alpha value is -1.40. The van der Waals surface area contributed by atoms with Crippen molar-refractivity contribution in [3.05, 3.63) is 27.8 Å². The van der Waals surface area contributed by atoms with Gasteiger partial charge in [0.2, 0.25) is 5.89 Å². The van der Waals surface area contributed by atoms with Crippen molar-refractivity contribution < 1.29 is 4.42 Å². The molecule has 2 rings (SSSR count). The SMILES string of the molecule is Cc1ccc(C(C)Nc2nnc(CNC(C)C)o2)s1. The predicted octanol–water partition coefficient (Wildman–Crippen LogP) is 3.11. The van der Waals surface area contributed by atoms with Gasteiger partial charge >= 0.3 is 6.01 Å². The molecule has 2 aromatic heterocycles. The van der Waals surface area contributed by atoms with Gasteiger partial charge in [-0.05, 0) is 26.0 Å². The van der Waals surface area contributed by atoms with Gasteiger partial charge in [0, 0.05) is 15.8 Å². The van der Waals surface area contributed by atoms with E-state index in [1.54, 1.807) is 11.3 Å². The number of hydrogen-bond acceptors (Lipinski definition) is 6.